The van der Waals surface area contributed by atoms with Gasteiger partial charge in [0, 0.05) is 23.7 Å². The number of rotatable bonds is 6. The highest BCUT2D eigenvalue weighted by Gasteiger charge is 2.12. The van der Waals surface area contributed by atoms with E-state index in [0.29, 0.717) is 12.0 Å². The van der Waals surface area contributed by atoms with Gasteiger partial charge in [0.05, 0.1) is 5.01 Å². The Labute approximate surface area is 149 Å². The van der Waals surface area contributed by atoms with Gasteiger partial charge in [0.2, 0.25) is 0 Å². The predicted molar refractivity (Wildman–Crippen MR) is 102 cm³/mol. The van der Waals surface area contributed by atoms with E-state index in [2.05, 4.69) is 20.7 Å². The molecular weight excluding hydrogens is 395 g/mol. The van der Waals surface area contributed by atoms with Crippen molar-refractivity contribution in [2.45, 2.75) is 64.3 Å². The van der Waals surface area contributed by atoms with Crippen LogP contribution in [-0.2, 0) is 6.42 Å². The average Bonchev–Trinajstić information content (AvgIpc) is 2.85. The number of nitrogens with zero attached hydrogens (tertiary/aromatic N) is 2. The Bertz CT molecular complexity index is 427. The Balaban J connectivity index is 0.00000220. The van der Waals surface area contributed by atoms with Crippen LogP contribution < -0.4 is 11.1 Å². The van der Waals surface area contributed by atoms with Crippen molar-refractivity contribution in [3.05, 3.63) is 16.1 Å². The van der Waals surface area contributed by atoms with E-state index in [1.54, 1.807) is 11.3 Å². The van der Waals surface area contributed by atoms with Crippen LogP contribution in [0.4, 0.5) is 0 Å². The topological polar surface area (TPSA) is 63.3 Å². The summed E-state index contributed by atoms with van der Waals surface area (Å²) in [5.74, 6) is 0.627. The first-order chi connectivity index (χ1) is 9.74. The zero-order valence-corrected chi connectivity index (χ0v) is 16.0. The molecule has 3 N–H and O–H groups in total. The van der Waals surface area contributed by atoms with Crippen molar-refractivity contribution in [1.29, 1.82) is 0 Å². The molecule has 0 spiro atoms. The van der Waals surface area contributed by atoms with Gasteiger partial charge in [0.15, 0.2) is 5.96 Å². The van der Waals surface area contributed by atoms with Crippen LogP contribution in [-0.4, -0.2) is 23.5 Å². The van der Waals surface area contributed by atoms with Crippen molar-refractivity contribution < 1.29 is 0 Å². The molecule has 1 aromatic rings. The highest BCUT2D eigenvalue weighted by atomic mass is 127. The molecular formula is C15H27IN4S. The number of hydrogen-bond acceptors (Lipinski definition) is 3. The fourth-order valence-electron chi connectivity index (χ4n) is 2.61. The van der Waals surface area contributed by atoms with E-state index in [1.807, 2.05) is 6.92 Å². The SMILES string of the molecule is Cc1csc(CCCCN=C(N)NC2CCCCC2)n1.I. The van der Waals surface area contributed by atoms with Gasteiger partial charge in [0.1, 0.15) is 0 Å². The number of nitrogens with one attached hydrogen (secondary N) is 1. The number of aryl methyl sites for hydroxylation is 2. The van der Waals surface area contributed by atoms with Crippen molar-refractivity contribution in [2.75, 3.05) is 6.54 Å². The maximum atomic E-state index is 5.93. The molecule has 0 unspecified atom stereocenters. The lowest BCUT2D eigenvalue weighted by Gasteiger charge is -2.23. The van der Waals surface area contributed by atoms with E-state index < -0.39 is 0 Å². The van der Waals surface area contributed by atoms with Crippen molar-refractivity contribution in [1.82, 2.24) is 10.3 Å². The molecule has 0 radical (unpaired) electrons. The van der Waals surface area contributed by atoms with Crippen LogP contribution >= 0.6 is 35.3 Å². The van der Waals surface area contributed by atoms with Crippen LogP contribution in [0, 0.1) is 6.92 Å². The van der Waals surface area contributed by atoms with E-state index in [4.69, 9.17) is 5.73 Å². The van der Waals surface area contributed by atoms with E-state index in [0.717, 1.165) is 31.5 Å². The fourth-order valence-corrected chi connectivity index (χ4v) is 3.42. The highest BCUT2D eigenvalue weighted by Crippen LogP contribution is 2.17. The summed E-state index contributed by atoms with van der Waals surface area (Å²) in [5.41, 5.74) is 7.06. The Kier molecular flexibility index (Phi) is 9.23. The molecule has 1 saturated carbocycles. The summed E-state index contributed by atoms with van der Waals surface area (Å²) in [6, 6.07) is 0.547. The minimum Gasteiger partial charge on any atom is -0.370 e. The van der Waals surface area contributed by atoms with Crippen LogP contribution in [0.3, 0.4) is 0 Å². The molecule has 120 valence electrons. The average molecular weight is 422 g/mol. The lowest BCUT2D eigenvalue weighted by molar-refractivity contribution is 0.412. The van der Waals surface area contributed by atoms with E-state index in [9.17, 15) is 0 Å². The Morgan fingerprint density at radius 3 is 2.81 bits per heavy atom. The number of halogens is 1. The standard InChI is InChI=1S/C15H26N4S.HI/c1-12-11-20-14(18-12)9-5-6-10-17-15(16)19-13-7-3-2-4-8-13;/h11,13H,2-10H2,1H3,(H3,16,17,19);1H. The zero-order chi connectivity index (χ0) is 14.2. The number of aromatic nitrogens is 1. The maximum Gasteiger partial charge on any atom is 0.188 e. The fraction of sp³-hybridized carbons (Fsp3) is 0.733. The second kappa shape index (κ2) is 10.4. The minimum atomic E-state index is 0. The normalized spacial score (nSPS) is 16.5. The lowest BCUT2D eigenvalue weighted by atomic mass is 9.96. The molecule has 1 aliphatic carbocycles. The molecule has 1 aromatic heterocycles. The minimum absolute atomic E-state index is 0. The number of hydrogen-bond donors (Lipinski definition) is 2. The highest BCUT2D eigenvalue weighted by molar-refractivity contribution is 14.0. The first-order valence-electron chi connectivity index (χ1n) is 7.71. The van der Waals surface area contributed by atoms with Gasteiger partial charge in [0.25, 0.3) is 0 Å². The predicted octanol–water partition coefficient (Wildman–Crippen LogP) is 3.63. The van der Waals surface area contributed by atoms with Crippen LogP contribution in [0.15, 0.2) is 10.4 Å². The number of nitrogens with two attached hydrogens (primary N) is 1. The molecule has 0 aromatic carbocycles. The third kappa shape index (κ3) is 7.44. The molecule has 2 rings (SSSR count). The number of aliphatic imine (C=N–C) groups is 1. The summed E-state index contributed by atoms with van der Waals surface area (Å²) in [4.78, 5) is 8.89. The van der Waals surface area contributed by atoms with Crippen LogP contribution in [0.1, 0.15) is 55.6 Å². The van der Waals surface area contributed by atoms with Crippen LogP contribution in [0.5, 0.6) is 0 Å². The van der Waals surface area contributed by atoms with Gasteiger partial charge in [-0.25, -0.2) is 4.98 Å². The molecule has 1 aliphatic rings. The van der Waals surface area contributed by atoms with E-state index in [1.165, 1.54) is 37.1 Å². The maximum absolute atomic E-state index is 5.93. The molecule has 4 nitrogen and oxygen atoms in total. The van der Waals surface area contributed by atoms with Gasteiger partial charge in [-0.05, 0) is 39.0 Å². The Morgan fingerprint density at radius 2 is 2.14 bits per heavy atom. The van der Waals surface area contributed by atoms with Crippen LogP contribution in [0.2, 0.25) is 0 Å². The Morgan fingerprint density at radius 1 is 1.38 bits per heavy atom. The molecule has 0 aliphatic heterocycles. The van der Waals surface area contributed by atoms with Crippen molar-refractivity contribution in [3.8, 4) is 0 Å². The van der Waals surface area contributed by atoms with E-state index >= 15 is 0 Å². The first kappa shape index (κ1) is 18.7. The summed E-state index contributed by atoms with van der Waals surface area (Å²) in [6.07, 6.45) is 9.74. The van der Waals surface area contributed by atoms with Crippen molar-refractivity contribution in [3.63, 3.8) is 0 Å². The van der Waals surface area contributed by atoms with Crippen LogP contribution in [0.25, 0.3) is 0 Å². The van der Waals surface area contributed by atoms with Crippen molar-refractivity contribution >= 4 is 41.3 Å². The largest absolute Gasteiger partial charge is 0.370 e. The lowest BCUT2D eigenvalue weighted by Crippen LogP contribution is -2.41. The molecule has 0 saturated heterocycles. The Hall–Kier alpha value is -0.370. The molecule has 1 fully saturated rings. The quantitative estimate of drug-likeness (QED) is 0.319. The van der Waals surface area contributed by atoms with Gasteiger partial charge >= 0.3 is 0 Å². The smallest absolute Gasteiger partial charge is 0.188 e. The van der Waals surface area contributed by atoms with Gasteiger partial charge in [-0.1, -0.05) is 19.3 Å². The summed E-state index contributed by atoms with van der Waals surface area (Å²) in [5, 5.41) is 6.69. The molecule has 1 heterocycles. The monoisotopic (exact) mass is 422 g/mol. The second-order valence-electron chi connectivity index (χ2n) is 5.59. The molecule has 6 heteroatoms. The third-order valence-electron chi connectivity index (χ3n) is 3.70. The molecule has 0 atom stereocenters. The first-order valence-corrected chi connectivity index (χ1v) is 8.59. The van der Waals surface area contributed by atoms with E-state index in [-0.39, 0.29) is 24.0 Å². The summed E-state index contributed by atoms with van der Waals surface area (Å²) in [6.45, 7) is 2.86. The third-order valence-corrected chi connectivity index (χ3v) is 4.73. The molecule has 0 bridgehead atoms. The molecule has 21 heavy (non-hydrogen) atoms. The zero-order valence-electron chi connectivity index (χ0n) is 12.8. The summed E-state index contributed by atoms with van der Waals surface area (Å²) in [7, 11) is 0. The second-order valence-corrected chi connectivity index (χ2v) is 6.53. The summed E-state index contributed by atoms with van der Waals surface area (Å²) >= 11 is 1.75. The van der Waals surface area contributed by atoms with Gasteiger partial charge in [-0.3, -0.25) is 4.99 Å². The number of thiazole rings is 1. The van der Waals surface area contributed by atoms with Gasteiger partial charge in [-0.15, -0.1) is 35.3 Å². The van der Waals surface area contributed by atoms with Gasteiger partial charge in [-0.2, -0.15) is 0 Å². The number of guanidine groups is 1. The molecule has 0 amide bonds. The van der Waals surface area contributed by atoms with Crippen molar-refractivity contribution in [2.24, 2.45) is 10.7 Å². The summed E-state index contributed by atoms with van der Waals surface area (Å²) < 4.78 is 0. The number of unbranched alkanes of at least 4 members (excludes halogenated alkanes) is 1. The van der Waals surface area contributed by atoms with Gasteiger partial charge < -0.3 is 11.1 Å².